The van der Waals surface area contributed by atoms with Crippen molar-refractivity contribution in [2.75, 3.05) is 13.1 Å². The summed E-state index contributed by atoms with van der Waals surface area (Å²) in [7, 11) is 0. The van der Waals surface area contributed by atoms with Gasteiger partial charge in [-0.25, -0.2) is 4.79 Å². The first-order valence-electron chi connectivity index (χ1n) is 8.77. The molecule has 132 valence electrons. The van der Waals surface area contributed by atoms with Crippen LogP contribution in [-0.4, -0.2) is 46.4 Å². The van der Waals surface area contributed by atoms with Crippen molar-refractivity contribution in [3.8, 4) is 0 Å². The molecule has 6 nitrogen and oxygen atoms in total. The smallest absolute Gasteiger partial charge is 0.329 e. The van der Waals surface area contributed by atoms with E-state index in [0.29, 0.717) is 38.8 Å². The van der Waals surface area contributed by atoms with Crippen molar-refractivity contribution in [2.45, 2.75) is 77.2 Å². The molecule has 2 amide bonds. The van der Waals surface area contributed by atoms with E-state index in [2.05, 4.69) is 5.32 Å². The normalized spacial score (nSPS) is 17.1. The van der Waals surface area contributed by atoms with Crippen LogP contribution in [0.25, 0.3) is 0 Å². The molecule has 0 unspecified atom stereocenters. The van der Waals surface area contributed by atoms with Crippen LogP contribution in [0.2, 0.25) is 0 Å². The molecule has 23 heavy (non-hydrogen) atoms. The standard InChI is InChI=1S/C17H30N2O4/c1-3-19(4-2)15(21)11-9-10-14(20)18-17(16(22)23)12-7-5-6-8-13-17/h3-13H2,1-2H3,(H,18,20)(H,22,23). The average Bonchev–Trinajstić information content (AvgIpc) is 2.75. The predicted octanol–water partition coefficient (Wildman–Crippen LogP) is 2.32. The van der Waals surface area contributed by atoms with Crippen molar-refractivity contribution in [1.82, 2.24) is 10.2 Å². The molecule has 0 aliphatic heterocycles. The summed E-state index contributed by atoms with van der Waals surface area (Å²) >= 11 is 0. The van der Waals surface area contributed by atoms with Gasteiger partial charge in [-0.3, -0.25) is 9.59 Å². The fourth-order valence-corrected chi connectivity index (χ4v) is 3.19. The zero-order chi connectivity index (χ0) is 17.3. The van der Waals surface area contributed by atoms with Crippen molar-refractivity contribution in [3.63, 3.8) is 0 Å². The highest BCUT2D eigenvalue weighted by molar-refractivity contribution is 5.87. The molecule has 1 aliphatic carbocycles. The largest absolute Gasteiger partial charge is 0.480 e. The van der Waals surface area contributed by atoms with E-state index >= 15 is 0 Å². The highest BCUT2D eigenvalue weighted by atomic mass is 16.4. The lowest BCUT2D eigenvalue weighted by molar-refractivity contribution is -0.148. The average molecular weight is 326 g/mol. The van der Waals surface area contributed by atoms with Crippen molar-refractivity contribution in [1.29, 1.82) is 0 Å². The summed E-state index contributed by atoms with van der Waals surface area (Å²) in [6, 6.07) is 0. The van der Waals surface area contributed by atoms with E-state index in [1.807, 2.05) is 13.8 Å². The third-order valence-electron chi connectivity index (χ3n) is 4.66. The molecule has 0 saturated heterocycles. The van der Waals surface area contributed by atoms with Crippen LogP contribution >= 0.6 is 0 Å². The van der Waals surface area contributed by atoms with E-state index in [1.165, 1.54) is 0 Å². The van der Waals surface area contributed by atoms with Crippen LogP contribution < -0.4 is 5.32 Å². The van der Waals surface area contributed by atoms with Gasteiger partial charge in [-0.1, -0.05) is 25.7 Å². The number of carboxylic acid groups (broad SMARTS) is 1. The van der Waals surface area contributed by atoms with Crippen LogP contribution in [0.4, 0.5) is 0 Å². The van der Waals surface area contributed by atoms with Gasteiger partial charge in [0.05, 0.1) is 0 Å². The number of carbonyl (C=O) groups is 3. The number of rotatable bonds is 8. The van der Waals surface area contributed by atoms with Crippen molar-refractivity contribution < 1.29 is 19.5 Å². The second-order valence-electron chi connectivity index (χ2n) is 6.27. The Morgan fingerprint density at radius 2 is 1.57 bits per heavy atom. The molecule has 0 spiro atoms. The molecule has 0 aromatic heterocycles. The second-order valence-corrected chi connectivity index (χ2v) is 6.27. The molecule has 2 N–H and O–H groups in total. The monoisotopic (exact) mass is 326 g/mol. The number of hydrogen-bond donors (Lipinski definition) is 2. The Hall–Kier alpha value is -1.59. The number of carbonyl (C=O) groups excluding carboxylic acids is 2. The minimum absolute atomic E-state index is 0.0465. The van der Waals surface area contributed by atoms with Gasteiger partial charge in [0.25, 0.3) is 0 Å². The second kappa shape index (κ2) is 9.53. The Morgan fingerprint density at radius 3 is 2.04 bits per heavy atom. The van der Waals surface area contributed by atoms with Gasteiger partial charge in [0.1, 0.15) is 5.54 Å². The molecule has 1 saturated carbocycles. The van der Waals surface area contributed by atoms with E-state index in [0.717, 1.165) is 25.7 Å². The fourth-order valence-electron chi connectivity index (χ4n) is 3.19. The van der Waals surface area contributed by atoms with Crippen LogP contribution in [-0.2, 0) is 14.4 Å². The van der Waals surface area contributed by atoms with Gasteiger partial charge in [0.15, 0.2) is 0 Å². The SMILES string of the molecule is CCN(CC)C(=O)CCCC(=O)NC1(C(=O)O)CCCCCC1. The molecule has 0 radical (unpaired) electrons. The van der Waals surface area contributed by atoms with Crippen molar-refractivity contribution >= 4 is 17.8 Å². The van der Waals surface area contributed by atoms with Gasteiger partial charge in [-0.05, 0) is 33.1 Å². The number of amides is 2. The molecule has 6 heteroatoms. The molecule has 0 atom stereocenters. The Labute approximate surface area is 138 Å². The molecule has 1 fully saturated rings. The van der Waals surface area contributed by atoms with Crippen molar-refractivity contribution in [2.24, 2.45) is 0 Å². The predicted molar refractivity (Wildman–Crippen MR) is 88.0 cm³/mol. The summed E-state index contributed by atoms with van der Waals surface area (Å²) in [5, 5.41) is 12.3. The highest BCUT2D eigenvalue weighted by Crippen LogP contribution is 2.27. The fraction of sp³-hybridized carbons (Fsp3) is 0.824. The summed E-state index contributed by atoms with van der Waals surface area (Å²) in [5.74, 6) is -1.15. The first-order chi connectivity index (χ1) is 10.9. The van der Waals surface area contributed by atoms with Crippen LogP contribution in [0.5, 0.6) is 0 Å². The Kier molecular flexibility index (Phi) is 8.06. The number of nitrogens with zero attached hydrogens (tertiary/aromatic N) is 1. The Balaban J connectivity index is 2.47. The number of carboxylic acids is 1. The summed E-state index contributed by atoms with van der Waals surface area (Å²) in [4.78, 5) is 37.4. The number of aliphatic carboxylic acids is 1. The minimum Gasteiger partial charge on any atom is -0.480 e. The minimum atomic E-state index is -1.11. The highest BCUT2D eigenvalue weighted by Gasteiger charge is 2.39. The topological polar surface area (TPSA) is 86.7 Å². The Bertz CT molecular complexity index is 411. The molecule has 0 aromatic rings. The maximum Gasteiger partial charge on any atom is 0.329 e. The maximum absolute atomic E-state index is 12.1. The van der Waals surface area contributed by atoms with Crippen LogP contribution in [0.1, 0.15) is 71.6 Å². The number of nitrogens with one attached hydrogen (secondary N) is 1. The van der Waals surface area contributed by atoms with E-state index in [4.69, 9.17) is 0 Å². The van der Waals surface area contributed by atoms with Gasteiger partial charge in [-0.2, -0.15) is 0 Å². The van der Waals surface area contributed by atoms with Crippen LogP contribution in [0, 0.1) is 0 Å². The molecule has 0 aromatic carbocycles. The zero-order valence-electron chi connectivity index (χ0n) is 14.4. The molecular formula is C17H30N2O4. The molecule has 1 aliphatic rings. The van der Waals surface area contributed by atoms with Crippen molar-refractivity contribution in [3.05, 3.63) is 0 Å². The summed E-state index contributed by atoms with van der Waals surface area (Å²) in [6.45, 7) is 5.20. The third kappa shape index (κ3) is 5.84. The van der Waals surface area contributed by atoms with Crippen LogP contribution in [0.3, 0.4) is 0 Å². The molecule has 0 bridgehead atoms. The van der Waals surface area contributed by atoms with E-state index in [-0.39, 0.29) is 18.2 Å². The lowest BCUT2D eigenvalue weighted by atomic mass is 9.90. The van der Waals surface area contributed by atoms with E-state index in [1.54, 1.807) is 4.90 Å². The van der Waals surface area contributed by atoms with Gasteiger partial charge in [0.2, 0.25) is 11.8 Å². The molecular weight excluding hydrogens is 296 g/mol. The summed E-state index contributed by atoms with van der Waals surface area (Å²) in [6.07, 6.45) is 5.65. The summed E-state index contributed by atoms with van der Waals surface area (Å²) < 4.78 is 0. The first-order valence-corrected chi connectivity index (χ1v) is 8.77. The van der Waals surface area contributed by atoms with E-state index in [9.17, 15) is 19.5 Å². The Morgan fingerprint density at radius 1 is 1.00 bits per heavy atom. The number of hydrogen-bond acceptors (Lipinski definition) is 3. The molecule has 1 rings (SSSR count). The third-order valence-corrected chi connectivity index (χ3v) is 4.66. The van der Waals surface area contributed by atoms with Gasteiger partial charge in [0, 0.05) is 25.9 Å². The lowest BCUT2D eigenvalue weighted by Crippen LogP contribution is -2.54. The zero-order valence-corrected chi connectivity index (χ0v) is 14.4. The lowest BCUT2D eigenvalue weighted by Gasteiger charge is -2.29. The first kappa shape index (κ1) is 19.5. The quantitative estimate of drug-likeness (QED) is 0.670. The van der Waals surface area contributed by atoms with Crippen LogP contribution in [0.15, 0.2) is 0 Å². The van der Waals surface area contributed by atoms with Gasteiger partial charge >= 0.3 is 5.97 Å². The van der Waals surface area contributed by atoms with Gasteiger partial charge < -0.3 is 15.3 Å². The summed E-state index contributed by atoms with van der Waals surface area (Å²) in [5.41, 5.74) is -1.11. The maximum atomic E-state index is 12.1. The van der Waals surface area contributed by atoms with E-state index < -0.39 is 11.5 Å². The van der Waals surface area contributed by atoms with Gasteiger partial charge in [-0.15, -0.1) is 0 Å². The molecule has 0 heterocycles.